The van der Waals surface area contributed by atoms with Gasteiger partial charge in [-0.05, 0) is 44.0 Å². The molecule has 35 heavy (non-hydrogen) atoms. The van der Waals surface area contributed by atoms with Crippen LogP contribution in [-0.2, 0) is 22.5 Å². The number of methoxy groups -OCH3 is 2. The zero-order chi connectivity index (χ0) is 24.8. The summed E-state index contributed by atoms with van der Waals surface area (Å²) in [6.07, 6.45) is 2.50. The molecule has 4 rings (SSSR count). The van der Waals surface area contributed by atoms with Gasteiger partial charge in [-0.25, -0.2) is 14.6 Å². The topological polar surface area (TPSA) is 104 Å². The highest BCUT2D eigenvalue weighted by atomic mass is 16.5. The van der Waals surface area contributed by atoms with Crippen LogP contribution in [0.5, 0.6) is 11.5 Å². The number of aromatic nitrogens is 4. The Balaban J connectivity index is 1.41. The van der Waals surface area contributed by atoms with Crippen LogP contribution < -0.4 is 19.7 Å². The SMILES string of the molecule is COc1ccc(OC)c(CNC(=O)CCc2c(C)nn(-c3cc(N4CCOCC4)ncn3)c2C)c1. The first-order chi connectivity index (χ1) is 17.0. The van der Waals surface area contributed by atoms with Gasteiger partial charge in [0, 0.05) is 43.4 Å². The molecule has 1 aromatic carbocycles. The number of morpholine rings is 1. The van der Waals surface area contributed by atoms with Gasteiger partial charge < -0.3 is 24.4 Å². The molecule has 0 spiro atoms. The second kappa shape index (κ2) is 11.2. The smallest absolute Gasteiger partial charge is 0.220 e. The molecule has 3 aromatic rings. The van der Waals surface area contributed by atoms with Crippen LogP contribution in [0.2, 0.25) is 0 Å². The Kier molecular flexibility index (Phi) is 7.81. The molecule has 2 aromatic heterocycles. The van der Waals surface area contributed by atoms with Crippen molar-refractivity contribution in [1.29, 1.82) is 0 Å². The summed E-state index contributed by atoms with van der Waals surface area (Å²) in [6.45, 7) is 7.31. The lowest BCUT2D eigenvalue weighted by atomic mass is 10.1. The van der Waals surface area contributed by atoms with Crippen LogP contribution >= 0.6 is 0 Å². The number of rotatable bonds is 9. The molecule has 1 fully saturated rings. The maximum Gasteiger partial charge on any atom is 0.220 e. The standard InChI is InChI=1S/C25H32N6O4/c1-17-21(6-8-25(32)26-15-19-13-20(33-3)5-7-22(19)34-4)18(2)31(29-17)24-14-23(27-16-28-24)30-9-11-35-12-10-30/h5,7,13-14,16H,6,8-12,15H2,1-4H3,(H,26,32). The molecule has 1 aliphatic rings. The molecular weight excluding hydrogens is 448 g/mol. The summed E-state index contributed by atoms with van der Waals surface area (Å²) < 4.78 is 17.9. The first-order valence-corrected chi connectivity index (χ1v) is 11.7. The van der Waals surface area contributed by atoms with E-state index in [2.05, 4.69) is 20.2 Å². The number of anilines is 1. The van der Waals surface area contributed by atoms with Crippen molar-refractivity contribution >= 4 is 11.7 Å². The van der Waals surface area contributed by atoms with Crippen molar-refractivity contribution < 1.29 is 19.0 Å². The minimum atomic E-state index is -0.0435. The minimum Gasteiger partial charge on any atom is -0.497 e. The van der Waals surface area contributed by atoms with Crippen molar-refractivity contribution in [2.24, 2.45) is 0 Å². The van der Waals surface area contributed by atoms with E-state index >= 15 is 0 Å². The van der Waals surface area contributed by atoms with E-state index in [1.54, 1.807) is 20.5 Å². The quantitative estimate of drug-likeness (QED) is 0.498. The lowest BCUT2D eigenvalue weighted by molar-refractivity contribution is -0.121. The highest BCUT2D eigenvalue weighted by Crippen LogP contribution is 2.24. The van der Waals surface area contributed by atoms with Crippen molar-refractivity contribution in [3.05, 3.63) is 53.1 Å². The monoisotopic (exact) mass is 480 g/mol. The summed E-state index contributed by atoms with van der Waals surface area (Å²) in [4.78, 5) is 23.7. The molecule has 1 amide bonds. The van der Waals surface area contributed by atoms with Crippen molar-refractivity contribution in [2.75, 3.05) is 45.4 Å². The average molecular weight is 481 g/mol. The number of nitrogens with zero attached hydrogens (tertiary/aromatic N) is 5. The lowest BCUT2D eigenvalue weighted by Crippen LogP contribution is -2.36. The van der Waals surface area contributed by atoms with Gasteiger partial charge in [0.05, 0.1) is 33.1 Å². The summed E-state index contributed by atoms with van der Waals surface area (Å²) in [5.74, 6) is 2.95. The molecule has 10 nitrogen and oxygen atoms in total. The molecule has 10 heteroatoms. The second-order valence-corrected chi connectivity index (χ2v) is 8.35. The number of nitrogens with one attached hydrogen (secondary N) is 1. The summed E-state index contributed by atoms with van der Waals surface area (Å²) >= 11 is 0. The third-order valence-corrected chi connectivity index (χ3v) is 6.20. The minimum absolute atomic E-state index is 0.0435. The molecule has 0 saturated carbocycles. The van der Waals surface area contributed by atoms with Crippen LogP contribution in [-0.4, -0.2) is 66.2 Å². The van der Waals surface area contributed by atoms with Gasteiger partial charge >= 0.3 is 0 Å². The maximum atomic E-state index is 12.6. The van der Waals surface area contributed by atoms with E-state index in [0.29, 0.717) is 44.2 Å². The Morgan fingerprint density at radius 1 is 1.09 bits per heavy atom. The first-order valence-electron chi connectivity index (χ1n) is 11.7. The lowest BCUT2D eigenvalue weighted by Gasteiger charge is -2.27. The Bertz CT molecular complexity index is 1170. The highest BCUT2D eigenvalue weighted by molar-refractivity contribution is 5.76. The third-order valence-electron chi connectivity index (χ3n) is 6.20. The normalized spacial score (nSPS) is 13.5. The highest BCUT2D eigenvalue weighted by Gasteiger charge is 2.18. The van der Waals surface area contributed by atoms with Crippen molar-refractivity contribution in [3.8, 4) is 17.3 Å². The van der Waals surface area contributed by atoms with E-state index in [-0.39, 0.29) is 5.91 Å². The summed E-state index contributed by atoms with van der Waals surface area (Å²) in [5.41, 5.74) is 3.76. The molecular formula is C25H32N6O4. The molecule has 1 saturated heterocycles. The maximum absolute atomic E-state index is 12.6. The number of aryl methyl sites for hydroxylation is 1. The van der Waals surface area contributed by atoms with E-state index < -0.39 is 0 Å². The number of benzene rings is 1. The van der Waals surface area contributed by atoms with Gasteiger partial charge in [-0.1, -0.05) is 0 Å². The van der Waals surface area contributed by atoms with Crippen molar-refractivity contribution in [3.63, 3.8) is 0 Å². The zero-order valence-electron chi connectivity index (χ0n) is 20.7. The molecule has 1 N–H and O–H groups in total. The van der Waals surface area contributed by atoms with Crippen LogP contribution in [0.3, 0.4) is 0 Å². The Morgan fingerprint density at radius 3 is 2.60 bits per heavy atom. The van der Waals surface area contributed by atoms with E-state index in [1.807, 2.05) is 42.8 Å². The Labute approximate surface area is 205 Å². The van der Waals surface area contributed by atoms with Crippen LogP contribution in [0.25, 0.3) is 5.82 Å². The molecule has 0 radical (unpaired) electrons. The number of hydrogen-bond donors (Lipinski definition) is 1. The van der Waals surface area contributed by atoms with Crippen LogP contribution in [0, 0.1) is 13.8 Å². The predicted molar refractivity (Wildman–Crippen MR) is 131 cm³/mol. The van der Waals surface area contributed by atoms with Gasteiger partial charge in [-0.15, -0.1) is 0 Å². The summed E-state index contributed by atoms with van der Waals surface area (Å²) in [5, 5.41) is 7.68. The number of hydrogen-bond acceptors (Lipinski definition) is 8. The molecule has 3 heterocycles. The largest absolute Gasteiger partial charge is 0.497 e. The molecule has 0 bridgehead atoms. The van der Waals surface area contributed by atoms with E-state index in [0.717, 1.165) is 47.2 Å². The average Bonchev–Trinajstić information content (AvgIpc) is 3.19. The van der Waals surface area contributed by atoms with Crippen LogP contribution in [0.1, 0.15) is 28.9 Å². The van der Waals surface area contributed by atoms with Gasteiger partial charge in [0.25, 0.3) is 0 Å². The number of carbonyl (C=O) groups is 1. The van der Waals surface area contributed by atoms with Gasteiger partial charge in [-0.2, -0.15) is 5.10 Å². The molecule has 0 atom stereocenters. The third kappa shape index (κ3) is 5.71. The van der Waals surface area contributed by atoms with Gasteiger partial charge in [0.1, 0.15) is 23.6 Å². The Morgan fingerprint density at radius 2 is 1.86 bits per heavy atom. The van der Waals surface area contributed by atoms with Crippen LogP contribution in [0.15, 0.2) is 30.6 Å². The molecule has 0 unspecified atom stereocenters. The summed E-state index contributed by atoms with van der Waals surface area (Å²) in [7, 11) is 3.22. The number of ether oxygens (including phenoxy) is 3. The number of amides is 1. The molecule has 1 aliphatic heterocycles. The summed E-state index contributed by atoms with van der Waals surface area (Å²) in [6, 6.07) is 7.47. The fourth-order valence-electron chi connectivity index (χ4n) is 4.22. The molecule has 0 aliphatic carbocycles. The van der Waals surface area contributed by atoms with E-state index in [9.17, 15) is 4.79 Å². The molecule has 186 valence electrons. The van der Waals surface area contributed by atoms with E-state index in [4.69, 9.17) is 19.3 Å². The number of carbonyl (C=O) groups excluding carboxylic acids is 1. The van der Waals surface area contributed by atoms with Crippen LogP contribution in [0.4, 0.5) is 5.82 Å². The van der Waals surface area contributed by atoms with E-state index in [1.165, 1.54) is 0 Å². The second-order valence-electron chi connectivity index (χ2n) is 8.35. The van der Waals surface area contributed by atoms with Gasteiger partial charge in [0.2, 0.25) is 5.91 Å². The van der Waals surface area contributed by atoms with Crippen molar-refractivity contribution in [1.82, 2.24) is 25.1 Å². The fourth-order valence-corrected chi connectivity index (χ4v) is 4.22. The fraction of sp³-hybridized carbons (Fsp3) is 0.440. The van der Waals surface area contributed by atoms with Gasteiger partial charge in [-0.3, -0.25) is 4.79 Å². The predicted octanol–water partition coefficient (Wildman–Crippen LogP) is 2.38. The van der Waals surface area contributed by atoms with Gasteiger partial charge in [0.15, 0.2) is 5.82 Å². The first kappa shape index (κ1) is 24.5. The zero-order valence-corrected chi connectivity index (χ0v) is 20.7. The Hall–Kier alpha value is -3.66. The van der Waals surface area contributed by atoms with Crippen molar-refractivity contribution in [2.45, 2.75) is 33.2 Å².